The van der Waals surface area contributed by atoms with Crippen molar-refractivity contribution in [2.45, 2.75) is 51.7 Å². The number of hydrogen-bond donors (Lipinski definition) is 1. The Labute approximate surface area is 110 Å². The molecule has 4 nitrogen and oxygen atoms in total. The number of carbonyl (C=O) groups excluding carboxylic acids is 1. The third-order valence-corrected chi connectivity index (χ3v) is 4.27. The van der Waals surface area contributed by atoms with Gasteiger partial charge in [0, 0.05) is 25.6 Å². The smallest absolute Gasteiger partial charge is 0.224 e. The number of nitrogens with one attached hydrogen (secondary N) is 1. The maximum Gasteiger partial charge on any atom is 0.224 e. The summed E-state index contributed by atoms with van der Waals surface area (Å²) in [6.45, 7) is 7.65. The lowest BCUT2D eigenvalue weighted by molar-refractivity contribution is -0.139. The van der Waals surface area contributed by atoms with Crippen LogP contribution in [0.2, 0.25) is 0 Å². The molecule has 2 saturated heterocycles. The van der Waals surface area contributed by atoms with Crippen LogP contribution in [0.3, 0.4) is 0 Å². The molecule has 18 heavy (non-hydrogen) atoms. The van der Waals surface area contributed by atoms with Crippen molar-refractivity contribution in [1.82, 2.24) is 10.2 Å². The Morgan fingerprint density at radius 2 is 2.33 bits per heavy atom. The fourth-order valence-corrected chi connectivity index (χ4v) is 2.90. The number of morpholine rings is 1. The van der Waals surface area contributed by atoms with Crippen LogP contribution in [0.4, 0.5) is 0 Å². The van der Waals surface area contributed by atoms with Crippen LogP contribution in [0, 0.1) is 5.92 Å². The highest BCUT2D eigenvalue weighted by atomic mass is 16.5. The molecule has 0 aromatic heterocycles. The number of amides is 1. The van der Waals surface area contributed by atoms with Gasteiger partial charge >= 0.3 is 0 Å². The van der Waals surface area contributed by atoms with E-state index >= 15 is 0 Å². The van der Waals surface area contributed by atoms with E-state index < -0.39 is 0 Å². The van der Waals surface area contributed by atoms with Gasteiger partial charge in [0.1, 0.15) is 0 Å². The Kier molecular flexibility index (Phi) is 5.01. The van der Waals surface area contributed by atoms with Gasteiger partial charge in [-0.05, 0) is 31.7 Å². The maximum absolute atomic E-state index is 12.3. The maximum atomic E-state index is 12.3. The second-order valence-electron chi connectivity index (χ2n) is 5.63. The molecular weight excluding hydrogens is 228 g/mol. The summed E-state index contributed by atoms with van der Waals surface area (Å²) in [6, 6.07) is 0.370. The van der Waals surface area contributed by atoms with Crippen LogP contribution < -0.4 is 5.32 Å². The molecule has 4 heteroatoms. The first-order valence-corrected chi connectivity index (χ1v) is 7.33. The van der Waals surface area contributed by atoms with E-state index in [1.165, 1.54) is 12.8 Å². The van der Waals surface area contributed by atoms with Crippen LogP contribution in [0.5, 0.6) is 0 Å². The van der Waals surface area contributed by atoms with E-state index in [-0.39, 0.29) is 6.10 Å². The predicted octanol–water partition coefficient (Wildman–Crippen LogP) is 1.40. The number of nitrogens with zero attached hydrogens (tertiary/aromatic N) is 1. The normalized spacial score (nSPS) is 33.4. The minimum Gasteiger partial charge on any atom is -0.375 e. The molecule has 2 rings (SSSR count). The van der Waals surface area contributed by atoms with Gasteiger partial charge in [0.05, 0.1) is 12.7 Å². The van der Waals surface area contributed by atoms with Crippen LogP contribution in [0.15, 0.2) is 0 Å². The first kappa shape index (κ1) is 13.8. The molecule has 2 aliphatic heterocycles. The number of rotatable bonds is 3. The summed E-state index contributed by atoms with van der Waals surface area (Å²) in [5, 5.41) is 3.49. The summed E-state index contributed by atoms with van der Waals surface area (Å²) >= 11 is 0. The largest absolute Gasteiger partial charge is 0.375 e. The first-order valence-electron chi connectivity index (χ1n) is 7.33. The molecule has 2 fully saturated rings. The van der Waals surface area contributed by atoms with E-state index in [1.807, 2.05) is 4.90 Å². The Hall–Kier alpha value is -0.610. The molecule has 0 aliphatic carbocycles. The third kappa shape index (κ3) is 3.45. The Bertz CT molecular complexity index is 283. The third-order valence-electron chi connectivity index (χ3n) is 4.27. The van der Waals surface area contributed by atoms with Gasteiger partial charge in [-0.15, -0.1) is 0 Å². The van der Waals surface area contributed by atoms with E-state index in [1.54, 1.807) is 0 Å². The van der Waals surface area contributed by atoms with Gasteiger partial charge in [-0.3, -0.25) is 4.79 Å². The van der Waals surface area contributed by atoms with E-state index in [4.69, 9.17) is 4.74 Å². The van der Waals surface area contributed by atoms with Gasteiger partial charge < -0.3 is 15.0 Å². The molecule has 0 bridgehead atoms. The first-order chi connectivity index (χ1) is 8.70. The zero-order chi connectivity index (χ0) is 13.0. The molecule has 2 aliphatic rings. The molecular formula is C14H26N2O2. The lowest BCUT2D eigenvalue weighted by Gasteiger charge is -2.35. The van der Waals surface area contributed by atoms with Crippen molar-refractivity contribution in [2.75, 3.05) is 26.2 Å². The Morgan fingerprint density at radius 3 is 3.06 bits per heavy atom. The Morgan fingerprint density at radius 1 is 1.50 bits per heavy atom. The SMILES string of the molecule is CCC1CN(C(=O)CC2NCCCC2C)CCO1. The van der Waals surface area contributed by atoms with Gasteiger partial charge in [-0.25, -0.2) is 0 Å². The second kappa shape index (κ2) is 6.53. The van der Waals surface area contributed by atoms with Gasteiger partial charge in [0.2, 0.25) is 5.91 Å². The minimum atomic E-state index is 0.236. The highest BCUT2D eigenvalue weighted by molar-refractivity contribution is 5.77. The van der Waals surface area contributed by atoms with Crippen molar-refractivity contribution < 1.29 is 9.53 Å². The Balaban J connectivity index is 1.83. The van der Waals surface area contributed by atoms with Crippen molar-refractivity contribution in [1.29, 1.82) is 0 Å². The van der Waals surface area contributed by atoms with Gasteiger partial charge in [-0.2, -0.15) is 0 Å². The van der Waals surface area contributed by atoms with Crippen molar-refractivity contribution >= 4 is 5.91 Å². The van der Waals surface area contributed by atoms with E-state index in [0.717, 1.165) is 26.1 Å². The molecule has 1 amide bonds. The van der Waals surface area contributed by atoms with Crippen LogP contribution >= 0.6 is 0 Å². The van der Waals surface area contributed by atoms with Crippen molar-refractivity contribution in [3.05, 3.63) is 0 Å². The van der Waals surface area contributed by atoms with Crippen LogP contribution in [-0.2, 0) is 9.53 Å². The van der Waals surface area contributed by atoms with Crippen molar-refractivity contribution in [3.8, 4) is 0 Å². The quantitative estimate of drug-likeness (QED) is 0.828. The van der Waals surface area contributed by atoms with Crippen LogP contribution in [0.1, 0.15) is 39.5 Å². The molecule has 0 aromatic carbocycles. The van der Waals surface area contributed by atoms with E-state index in [9.17, 15) is 4.79 Å². The summed E-state index contributed by atoms with van der Waals surface area (Å²) < 4.78 is 5.61. The second-order valence-corrected chi connectivity index (χ2v) is 5.63. The molecule has 104 valence electrons. The molecule has 3 unspecified atom stereocenters. The summed E-state index contributed by atoms with van der Waals surface area (Å²) in [6.07, 6.45) is 4.35. The highest BCUT2D eigenvalue weighted by Gasteiger charge is 2.28. The predicted molar refractivity (Wildman–Crippen MR) is 71.4 cm³/mol. The number of carbonyl (C=O) groups is 1. The van der Waals surface area contributed by atoms with Crippen molar-refractivity contribution in [2.24, 2.45) is 5.92 Å². The molecule has 3 atom stereocenters. The molecule has 2 heterocycles. The summed E-state index contributed by atoms with van der Waals surface area (Å²) in [4.78, 5) is 14.3. The fourth-order valence-electron chi connectivity index (χ4n) is 2.90. The number of hydrogen-bond acceptors (Lipinski definition) is 3. The zero-order valence-corrected chi connectivity index (χ0v) is 11.7. The van der Waals surface area contributed by atoms with Crippen LogP contribution in [-0.4, -0.2) is 49.2 Å². The molecule has 0 radical (unpaired) electrons. The zero-order valence-electron chi connectivity index (χ0n) is 11.7. The van der Waals surface area contributed by atoms with E-state index in [2.05, 4.69) is 19.2 Å². The fraction of sp³-hybridized carbons (Fsp3) is 0.929. The average Bonchev–Trinajstić information content (AvgIpc) is 2.41. The standard InChI is InChI=1S/C14H26N2O2/c1-3-12-10-16(7-8-18-12)14(17)9-13-11(2)5-4-6-15-13/h11-13,15H,3-10H2,1-2H3. The van der Waals surface area contributed by atoms with Crippen molar-refractivity contribution in [3.63, 3.8) is 0 Å². The monoisotopic (exact) mass is 254 g/mol. The molecule has 0 saturated carbocycles. The number of piperidine rings is 1. The molecule has 0 aromatic rings. The summed E-state index contributed by atoms with van der Waals surface area (Å²) in [5.74, 6) is 0.911. The van der Waals surface area contributed by atoms with Gasteiger partial charge in [0.25, 0.3) is 0 Å². The average molecular weight is 254 g/mol. The highest BCUT2D eigenvalue weighted by Crippen LogP contribution is 2.19. The summed E-state index contributed by atoms with van der Waals surface area (Å²) in [5.41, 5.74) is 0. The number of ether oxygens (including phenoxy) is 1. The topological polar surface area (TPSA) is 41.6 Å². The van der Waals surface area contributed by atoms with Gasteiger partial charge in [-0.1, -0.05) is 13.8 Å². The molecule has 1 N–H and O–H groups in total. The van der Waals surface area contributed by atoms with Crippen LogP contribution in [0.25, 0.3) is 0 Å². The molecule has 0 spiro atoms. The summed E-state index contributed by atoms with van der Waals surface area (Å²) in [7, 11) is 0. The van der Waals surface area contributed by atoms with E-state index in [0.29, 0.717) is 30.9 Å². The lowest BCUT2D eigenvalue weighted by atomic mass is 9.90. The van der Waals surface area contributed by atoms with Gasteiger partial charge in [0.15, 0.2) is 0 Å². The minimum absolute atomic E-state index is 0.236. The lowest BCUT2D eigenvalue weighted by Crippen LogP contribution is -2.49.